The number of thiol groups is 1. The molecule has 12 heavy (non-hydrogen) atoms. The summed E-state index contributed by atoms with van der Waals surface area (Å²) in [6.45, 7) is 2.92. The standard InChI is InChI=1S/C9H15NS2/c1-7-6-8(11)9(12-7)4-2-3-5-10/h6,11H,2-5,10H2,1H3. The third kappa shape index (κ3) is 2.81. The quantitative estimate of drug-likeness (QED) is 0.568. The molecular formula is C9H15NS2. The summed E-state index contributed by atoms with van der Waals surface area (Å²) in [6, 6.07) is 2.13. The molecule has 0 atom stereocenters. The molecule has 0 amide bonds. The Bertz CT molecular complexity index is 243. The van der Waals surface area contributed by atoms with Crippen LogP contribution in [0.2, 0.25) is 0 Å². The van der Waals surface area contributed by atoms with E-state index >= 15 is 0 Å². The number of thiophene rings is 1. The molecule has 0 bridgehead atoms. The van der Waals surface area contributed by atoms with E-state index in [0.717, 1.165) is 24.3 Å². The average molecular weight is 201 g/mol. The Morgan fingerprint density at radius 3 is 2.75 bits per heavy atom. The topological polar surface area (TPSA) is 26.0 Å². The smallest absolute Gasteiger partial charge is 0.0182 e. The summed E-state index contributed by atoms with van der Waals surface area (Å²) in [4.78, 5) is 3.90. The van der Waals surface area contributed by atoms with Crippen molar-refractivity contribution in [3.05, 3.63) is 15.8 Å². The van der Waals surface area contributed by atoms with E-state index in [9.17, 15) is 0 Å². The minimum atomic E-state index is 0.798. The SMILES string of the molecule is Cc1cc(S)c(CCCCN)s1. The largest absolute Gasteiger partial charge is 0.330 e. The first-order chi connectivity index (χ1) is 5.74. The van der Waals surface area contributed by atoms with E-state index in [4.69, 9.17) is 5.73 Å². The highest BCUT2D eigenvalue weighted by molar-refractivity contribution is 7.80. The fourth-order valence-electron chi connectivity index (χ4n) is 1.16. The molecule has 1 heterocycles. The van der Waals surface area contributed by atoms with Crippen molar-refractivity contribution in [2.24, 2.45) is 5.73 Å². The Hall–Kier alpha value is 0.01000. The second-order valence-corrected chi connectivity index (χ2v) is 4.73. The van der Waals surface area contributed by atoms with Crippen molar-refractivity contribution in [3.63, 3.8) is 0 Å². The maximum absolute atomic E-state index is 5.42. The highest BCUT2D eigenvalue weighted by Crippen LogP contribution is 2.26. The molecule has 2 N–H and O–H groups in total. The maximum atomic E-state index is 5.42. The lowest BCUT2D eigenvalue weighted by Crippen LogP contribution is -1.98. The van der Waals surface area contributed by atoms with Gasteiger partial charge >= 0.3 is 0 Å². The van der Waals surface area contributed by atoms with Crippen LogP contribution in [0.4, 0.5) is 0 Å². The van der Waals surface area contributed by atoms with Gasteiger partial charge < -0.3 is 5.73 Å². The highest BCUT2D eigenvalue weighted by atomic mass is 32.1. The molecule has 1 nitrogen and oxygen atoms in total. The summed E-state index contributed by atoms with van der Waals surface area (Å²) in [5, 5.41) is 0. The van der Waals surface area contributed by atoms with E-state index in [1.807, 2.05) is 11.3 Å². The molecule has 1 rings (SSSR count). The summed E-state index contributed by atoms with van der Waals surface area (Å²) < 4.78 is 0. The van der Waals surface area contributed by atoms with E-state index in [1.54, 1.807) is 0 Å². The van der Waals surface area contributed by atoms with E-state index in [-0.39, 0.29) is 0 Å². The minimum Gasteiger partial charge on any atom is -0.330 e. The van der Waals surface area contributed by atoms with Crippen molar-refractivity contribution in [2.75, 3.05) is 6.54 Å². The van der Waals surface area contributed by atoms with Crippen LogP contribution >= 0.6 is 24.0 Å². The summed E-state index contributed by atoms with van der Waals surface area (Å²) in [5.41, 5.74) is 5.42. The molecule has 0 saturated heterocycles. The van der Waals surface area contributed by atoms with Crippen molar-refractivity contribution in [1.82, 2.24) is 0 Å². The lowest BCUT2D eigenvalue weighted by molar-refractivity contribution is 0.746. The second-order valence-electron chi connectivity index (χ2n) is 2.91. The molecular weight excluding hydrogens is 186 g/mol. The Labute approximate surface area is 83.4 Å². The zero-order valence-electron chi connectivity index (χ0n) is 7.34. The van der Waals surface area contributed by atoms with Gasteiger partial charge in [0.15, 0.2) is 0 Å². The highest BCUT2D eigenvalue weighted by Gasteiger charge is 2.02. The average Bonchev–Trinajstić information content (AvgIpc) is 2.31. The molecule has 0 fully saturated rings. The normalized spacial score (nSPS) is 10.6. The molecule has 68 valence electrons. The number of hydrogen-bond donors (Lipinski definition) is 2. The van der Waals surface area contributed by atoms with Crippen molar-refractivity contribution in [2.45, 2.75) is 31.1 Å². The first-order valence-electron chi connectivity index (χ1n) is 4.22. The van der Waals surface area contributed by atoms with Crippen molar-refractivity contribution >= 4 is 24.0 Å². The first-order valence-corrected chi connectivity index (χ1v) is 5.48. The molecule has 0 unspecified atom stereocenters. The summed E-state index contributed by atoms with van der Waals surface area (Å²) in [6.07, 6.45) is 3.43. The van der Waals surface area contributed by atoms with E-state index < -0.39 is 0 Å². The van der Waals surface area contributed by atoms with Crippen molar-refractivity contribution in [1.29, 1.82) is 0 Å². The van der Waals surface area contributed by atoms with Crippen molar-refractivity contribution in [3.8, 4) is 0 Å². The van der Waals surface area contributed by atoms with Crippen LogP contribution in [0.3, 0.4) is 0 Å². The predicted octanol–water partition coefficient (Wildman–Crippen LogP) is 2.63. The summed E-state index contributed by atoms with van der Waals surface area (Å²) in [7, 11) is 0. The van der Waals surface area contributed by atoms with Gasteiger partial charge in [-0.05, 0) is 38.8 Å². The van der Waals surface area contributed by atoms with Crippen LogP contribution in [0.1, 0.15) is 22.6 Å². The van der Waals surface area contributed by atoms with Gasteiger partial charge in [0.05, 0.1) is 0 Å². The van der Waals surface area contributed by atoms with Crippen molar-refractivity contribution < 1.29 is 0 Å². The number of hydrogen-bond acceptors (Lipinski definition) is 3. The summed E-state index contributed by atoms with van der Waals surface area (Å²) in [5.74, 6) is 0. The molecule has 0 spiro atoms. The van der Waals surface area contributed by atoms with E-state index in [1.165, 1.54) is 16.2 Å². The maximum Gasteiger partial charge on any atom is 0.0182 e. The van der Waals surface area contributed by atoms with Crippen LogP contribution in [0.25, 0.3) is 0 Å². The van der Waals surface area contributed by atoms with Gasteiger partial charge in [-0.2, -0.15) is 0 Å². The van der Waals surface area contributed by atoms with Gasteiger partial charge in [0.25, 0.3) is 0 Å². The fourth-order valence-corrected chi connectivity index (χ4v) is 2.66. The Balaban J connectivity index is 2.45. The van der Waals surface area contributed by atoms with Gasteiger partial charge in [-0.1, -0.05) is 0 Å². The number of nitrogens with two attached hydrogens (primary N) is 1. The van der Waals surface area contributed by atoms with Gasteiger partial charge in [-0.15, -0.1) is 24.0 Å². The van der Waals surface area contributed by atoms with Gasteiger partial charge in [0.1, 0.15) is 0 Å². The molecule has 0 aromatic carbocycles. The van der Waals surface area contributed by atoms with Gasteiger partial charge in [-0.3, -0.25) is 0 Å². The van der Waals surface area contributed by atoms with Gasteiger partial charge in [0.2, 0.25) is 0 Å². The Morgan fingerprint density at radius 1 is 1.50 bits per heavy atom. The lowest BCUT2D eigenvalue weighted by Gasteiger charge is -1.96. The number of aryl methyl sites for hydroxylation is 2. The van der Waals surface area contributed by atoms with E-state index in [0.29, 0.717) is 0 Å². The first kappa shape index (κ1) is 10.1. The molecule has 0 aliphatic carbocycles. The molecule has 0 aliphatic heterocycles. The zero-order valence-corrected chi connectivity index (χ0v) is 9.05. The monoisotopic (exact) mass is 201 g/mol. The van der Waals surface area contributed by atoms with Crippen LogP contribution in [0.5, 0.6) is 0 Å². The third-order valence-electron chi connectivity index (χ3n) is 1.77. The van der Waals surface area contributed by atoms with Crippen LogP contribution in [-0.4, -0.2) is 6.54 Å². The van der Waals surface area contributed by atoms with E-state index in [2.05, 4.69) is 25.6 Å². The number of rotatable bonds is 4. The zero-order chi connectivity index (χ0) is 8.97. The molecule has 0 aliphatic rings. The number of unbranched alkanes of at least 4 members (excludes halogenated alkanes) is 1. The van der Waals surface area contributed by atoms with Crippen LogP contribution < -0.4 is 5.73 Å². The molecule has 0 saturated carbocycles. The summed E-state index contributed by atoms with van der Waals surface area (Å²) >= 11 is 6.25. The fraction of sp³-hybridized carbons (Fsp3) is 0.556. The van der Waals surface area contributed by atoms with Crippen LogP contribution in [0.15, 0.2) is 11.0 Å². The lowest BCUT2D eigenvalue weighted by atomic mass is 10.2. The Morgan fingerprint density at radius 2 is 2.25 bits per heavy atom. The molecule has 1 aromatic rings. The third-order valence-corrected chi connectivity index (χ3v) is 3.43. The second kappa shape index (κ2) is 4.90. The van der Waals surface area contributed by atoms with Gasteiger partial charge in [-0.25, -0.2) is 0 Å². The molecule has 1 aromatic heterocycles. The Kier molecular flexibility index (Phi) is 4.12. The molecule has 3 heteroatoms. The predicted molar refractivity (Wildman–Crippen MR) is 58.3 cm³/mol. The minimum absolute atomic E-state index is 0.798. The van der Waals surface area contributed by atoms with Crippen LogP contribution in [-0.2, 0) is 6.42 Å². The molecule has 0 radical (unpaired) electrons. The van der Waals surface area contributed by atoms with Crippen LogP contribution in [0, 0.1) is 6.92 Å². The van der Waals surface area contributed by atoms with Gasteiger partial charge in [0, 0.05) is 14.6 Å².